The van der Waals surface area contributed by atoms with Crippen LogP contribution in [0.5, 0.6) is 0 Å². The molecule has 0 aliphatic carbocycles. The van der Waals surface area contributed by atoms with Gasteiger partial charge in [0.2, 0.25) is 0 Å². The molecule has 2 aromatic carbocycles. The molecule has 0 nitrogen and oxygen atoms in total. The minimum Gasteiger partial charge on any atom is -0.0901 e. The van der Waals surface area contributed by atoms with Crippen LogP contribution in [0.3, 0.4) is 0 Å². The standard InChI is InChI=1S/C17H20S/c1-4-14-5-9-16(10-6-14)18-17-11-7-15(8-12-17)13(2)3/h5-13H,4H2,1-3H3. The van der Waals surface area contributed by atoms with E-state index in [-0.39, 0.29) is 0 Å². The molecule has 0 aliphatic rings. The number of aryl methyl sites for hydroxylation is 1. The van der Waals surface area contributed by atoms with Crippen LogP contribution < -0.4 is 0 Å². The van der Waals surface area contributed by atoms with Gasteiger partial charge in [0, 0.05) is 9.79 Å². The molecule has 0 saturated heterocycles. The summed E-state index contributed by atoms with van der Waals surface area (Å²) in [5.41, 5.74) is 2.80. The maximum Gasteiger partial charge on any atom is 0.0122 e. The molecule has 94 valence electrons. The van der Waals surface area contributed by atoms with Gasteiger partial charge in [-0.15, -0.1) is 0 Å². The van der Waals surface area contributed by atoms with E-state index in [1.807, 2.05) is 11.8 Å². The first-order valence-corrected chi connectivity index (χ1v) is 7.37. The Kier molecular flexibility index (Phi) is 4.48. The van der Waals surface area contributed by atoms with Gasteiger partial charge < -0.3 is 0 Å². The van der Waals surface area contributed by atoms with Crippen LogP contribution in [0.25, 0.3) is 0 Å². The van der Waals surface area contributed by atoms with Gasteiger partial charge in [0.05, 0.1) is 0 Å². The summed E-state index contributed by atoms with van der Waals surface area (Å²) in [7, 11) is 0. The van der Waals surface area contributed by atoms with Crippen molar-refractivity contribution < 1.29 is 0 Å². The Morgan fingerprint density at radius 1 is 0.833 bits per heavy atom. The average molecular weight is 256 g/mol. The monoisotopic (exact) mass is 256 g/mol. The van der Waals surface area contributed by atoms with E-state index in [2.05, 4.69) is 69.3 Å². The van der Waals surface area contributed by atoms with Gasteiger partial charge in [-0.05, 0) is 47.7 Å². The highest BCUT2D eigenvalue weighted by Crippen LogP contribution is 2.29. The van der Waals surface area contributed by atoms with Gasteiger partial charge in [0.1, 0.15) is 0 Å². The van der Waals surface area contributed by atoms with Crippen molar-refractivity contribution in [3.63, 3.8) is 0 Å². The quantitative estimate of drug-likeness (QED) is 0.693. The predicted molar refractivity (Wildman–Crippen MR) is 80.5 cm³/mol. The first-order chi connectivity index (χ1) is 8.69. The Morgan fingerprint density at radius 2 is 1.33 bits per heavy atom. The maximum absolute atomic E-state index is 2.23. The van der Waals surface area contributed by atoms with E-state index in [9.17, 15) is 0 Å². The smallest absolute Gasteiger partial charge is 0.0122 e. The zero-order valence-electron chi connectivity index (χ0n) is 11.3. The molecule has 0 N–H and O–H groups in total. The van der Waals surface area contributed by atoms with E-state index in [0.29, 0.717) is 5.92 Å². The zero-order chi connectivity index (χ0) is 13.0. The molecule has 0 heterocycles. The number of benzene rings is 2. The van der Waals surface area contributed by atoms with Gasteiger partial charge in [0.15, 0.2) is 0 Å². The molecule has 2 aromatic rings. The first-order valence-electron chi connectivity index (χ1n) is 6.56. The van der Waals surface area contributed by atoms with Crippen molar-refractivity contribution in [1.82, 2.24) is 0 Å². The number of hydrogen-bond donors (Lipinski definition) is 0. The summed E-state index contributed by atoms with van der Waals surface area (Å²) in [5, 5.41) is 0. The topological polar surface area (TPSA) is 0 Å². The van der Waals surface area contributed by atoms with Crippen molar-refractivity contribution in [3.8, 4) is 0 Å². The third-order valence-electron chi connectivity index (χ3n) is 3.11. The highest BCUT2D eigenvalue weighted by molar-refractivity contribution is 7.99. The summed E-state index contributed by atoms with van der Waals surface area (Å²) in [6, 6.07) is 17.7. The Bertz CT molecular complexity index is 480. The summed E-state index contributed by atoms with van der Waals surface area (Å²) in [5.74, 6) is 0.605. The van der Waals surface area contributed by atoms with Crippen LogP contribution in [0.4, 0.5) is 0 Å². The van der Waals surface area contributed by atoms with Crippen LogP contribution in [-0.4, -0.2) is 0 Å². The molecular formula is C17H20S. The molecule has 0 fully saturated rings. The lowest BCUT2D eigenvalue weighted by Gasteiger charge is -2.07. The SMILES string of the molecule is CCc1ccc(Sc2ccc(C(C)C)cc2)cc1. The molecule has 0 unspecified atom stereocenters. The van der Waals surface area contributed by atoms with Gasteiger partial charge in [-0.2, -0.15) is 0 Å². The van der Waals surface area contributed by atoms with Crippen LogP contribution in [-0.2, 0) is 6.42 Å². The largest absolute Gasteiger partial charge is 0.0901 e. The molecule has 0 radical (unpaired) electrons. The third-order valence-corrected chi connectivity index (χ3v) is 4.13. The zero-order valence-corrected chi connectivity index (χ0v) is 12.1. The van der Waals surface area contributed by atoms with Crippen molar-refractivity contribution >= 4 is 11.8 Å². The highest BCUT2D eigenvalue weighted by atomic mass is 32.2. The van der Waals surface area contributed by atoms with Crippen molar-refractivity contribution in [1.29, 1.82) is 0 Å². The summed E-state index contributed by atoms with van der Waals surface area (Å²) in [6.45, 7) is 6.64. The van der Waals surface area contributed by atoms with Crippen LogP contribution in [0.1, 0.15) is 37.8 Å². The molecule has 1 heteroatoms. The van der Waals surface area contributed by atoms with E-state index in [1.165, 1.54) is 20.9 Å². The second kappa shape index (κ2) is 6.10. The number of hydrogen-bond acceptors (Lipinski definition) is 1. The molecule has 0 aliphatic heterocycles. The second-order valence-electron chi connectivity index (χ2n) is 4.82. The molecule has 0 aromatic heterocycles. The Labute approximate surface area is 114 Å². The second-order valence-corrected chi connectivity index (χ2v) is 5.97. The van der Waals surface area contributed by atoms with Crippen molar-refractivity contribution in [2.75, 3.05) is 0 Å². The van der Waals surface area contributed by atoms with Crippen LogP contribution in [0, 0.1) is 0 Å². The maximum atomic E-state index is 2.23. The summed E-state index contributed by atoms with van der Waals surface area (Å²) in [6.07, 6.45) is 1.11. The van der Waals surface area contributed by atoms with Gasteiger partial charge in [0.25, 0.3) is 0 Å². The molecule has 0 spiro atoms. The van der Waals surface area contributed by atoms with Gasteiger partial charge in [-0.3, -0.25) is 0 Å². The average Bonchev–Trinajstić information content (AvgIpc) is 2.40. The van der Waals surface area contributed by atoms with E-state index in [4.69, 9.17) is 0 Å². The Morgan fingerprint density at radius 3 is 1.78 bits per heavy atom. The summed E-state index contributed by atoms with van der Waals surface area (Å²) in [4.78, 5) is 2.62. The lowest BCUT2D eigenvalue weighted by atomic mass is 10.0. The predicted octanol–water partition coefficient (Wildman–Crippen LogP) is 5.52. The lowest BCUT2D eigenvalue weighted by Crippen LogP contribution is -1.85. The van der Waals surface area contributed by atoms with E-state index >= 15 is 0 Å². The van der Waals surface area contributed by atoms with Crippen LogP contribution >= 0.6 is 11.8 Å². The number of rotatable bonds is 4. The fourth-order valence-electron chi connectivity index (χ4n) is 1.85. The van der Waals surface area contributed by atoms with Gasteiger partial charge >= 0.3 is 0 Å². The molecule has 0 bridgehead atoms. The fourth-order valence-corrected chi connectivity index (χ4v) is 2.67. The van der Waals surface area contributed by atoms with Gasteiger partial charge in [-0.25, -0.2) is 0 Å². The normalized spacial score (nSPS) is 10.9. The molecule has 0 amide bonds. The molecule has 0 atom stereocenters. The van der Waals surface area contributed by atoms with Crippen LogP contribution in [0.15, 0.2) is 58.3 Å². The summed E-state index contributed by atoms with van der Waals surface area (Å²) < 4.78 is 0. The van der Waals surface area contributed by atoms with E-state index in [0.717, 1.165) is 6.42 Å². The minimum absolute atomic E-state index is 0.605. The van der Waals surface area contributed by atoms with Crippen molar-refractivity contribution in [2.24, 2.45) is 0 Å². The van der Waals surface area contributed by atoms with Crippen LogP contribution in [0.2, 0.25) is 0 Å². The third kappa shape index (κ3) is 3.39. The summed E-state index contributed by atoms with van der Waals surface area (Å²) >= 11 is 1.83. The highest BCUT2D eigenvalue weighted by Gasteiger charge is 2.00. The molecule has 18 heavy (non-hydrogen) atoms. The Hall–Kier alpha value is -1.21. The van der Waals surface area contributed by atoms with Crippen molar-refractivity contribution in [2.45, 2.75) is 42.9 Å². The Balaban J connectivity index is 2.08. The van der Waals surface area contributed by atoms with Crippen molar-refractivity contribution in [3.05, 3.63) is 59.7 Å². The van der Waals surface area contributed by atoms with E-state index in [1.54, 1.807) is 0 Å². The van der Waals surface area contributed by atoms with Gasteiger partial charge in [-0.1, -0.05) is 56.8 Å². The molecular weight excluding hydrogens is 236 g/mol. The molecule has 2 rings (SSSR count). The fraction of sp³-hybridized carbons (Fsp3) is 0.294. The lowest BCUT2D eigenvalue weighted by molar-refractivity contribution is 0.865. The first kappa shape index (κ1) is 13.2. The molecule has 0 saturated carbocycles. The van der Waals surface area contributed by atoms with E-state index < -0.39 is 0 Å². The minimum atomic E-state index is 0.605.